The Bertz CT molecular complexity index is 523. The number of likely N-dealkylation sites (N-methyl/N-ethyl adjacent to an activating group) is 1. The summed E-state index contributed by atoms with van der Waals surface area (Å²) in [5.41, 5.74) is 1.01. The second-order valence-electron chi connectivity index (χ2n) is 5.44. The van der Waals surface area contributed by atoms with Crippen molar-refractivity contribution in [3.05, 3.63) is 33.8 Å². The second kappa shape index (κ2) is 7.88. The molecule has 122 valence electrons. The van der Waals surface area contributed by atoms with Crippen LogP contribution in [0.5, 0.6) is 0 Å². The van der Waals surface area contributed by atoms with E-state index in [9.17, 15) is 9.90 Å². The summed E-state index contributed by atoms with van der Waals surface area (Å²) in [6.45, 7) is 2.02. The van der Waals surface area contributed by atoms with Gasteiger partial charge in [-0.2, -0.15) is 0 Å². The van der Waals surface area contributed by atoms with Gasteiger partial charge in [-0.05, 0) is 43.1 Å². The monoisotopic (exact) mass is 363 g/mol. The molecule has 0 spiro atoms. The Labute approximate surface area is 144 Å². The average molecular weight is 364 g/mol. The van der Waals surface area contributed by atoms with Gasteiger partial charge in [-0.15, -0.1) is 11.8 Å². The fourth-order valence-electron chi connectivity index (χ4n) is 2.63. The van der Waals surface area contributed by atoms with E-state index in [1.165, 1.54) is 0 Å². The standard InChI is InChI=1S/C15H19Cl2NO3S/c1-8-3-12(21-14(8)13(18-2)15(19)20)22-7-9-4-10(16)6-11(17)5-9/h4-6,8,12-14,18H,3,7H2,1-2H3,(H,19,20)/t8-,12?,13?,14-/m1/s1. The first-order valence-electron chi connectivity index (χ1n) is 7.02. The van der Waals surface area contributed by atoms with Gasteiger partial charge in [-0.25, -0.2) is 0 Å². The maximum atomic E-state index is 11.2. The van der Waals surface area contributed by atoms with Gasteiger partial charge in [0.1, 0.15) is 11.5 Å². The number of halogens is 2. The fraction of sp³-hybridized carbons (Fsp3) is 0.533. The molecule has 0 aliphatic carbocycles. The Hall–Kier alpha value is -0.460. The predicted molar refractivity (Wildman–Crippen MR) is 90.7 cm³/mol. The molecule has 0 saturated carbocycles. The van der Waals surface area contributed by atoms with Crippen molar-refractivity contribution in [3.8, 4) is 0 Å². The maximum Gasteiger partial charge on any atom is 0.323 e. The van der Waals surface area contributed by atoms with Crippen LogP contribution >= 0.6 is 35.0 Å². The van der Waals surface area contributed by atoms with Crippen LogP contribution in [0, 0.1) is 5.92 Å². The average Bonchev–Trinajstić information content (AvgIpc) is 2.77. The molecule has 4 atom stereocenters. The van der Waals surface area contributed by atoms with Gasteiger partial charge < -0.3 is 15.2 Å². The zero-order chi connectivity index (χ0) is 16.3. The van der Waals surface area contributed by atoms with E-state index >= 15 is 0 Å². The summed E-state index contributed by atoms with van der Waals surface area (Å²) in [5.74, 6) is 0.0300. The van der Waals surface area contributed by atoms with Crippen molar-refractivity contribution in [3.63, 3.8) is 0 Å². The molecule has 0 bridgehead atoms. The van der Waals surface area contributed by atoms with Crippen LogP contribution in [-0.4, -0.2) is 35.7 Å². The Morgan fingerprint density at radius 1 is 1.45 bits per heavy atom. The Morgan fingerprint density at radius 2 is 2.09 bits per heavy atom. The molecule has 1 saturated heterocycles. The largest absolute Gasteiger partial charge is 0.480 e. The summed E-state index contributed by atoms with van der Waals surface area (Å²) in [4.78, 5) is 11.2. The zero-order valence-corrected chi connectivity index (χ0v) is 14.7. The van der Waals surface area contributed by atoms with E-state index in [0.29, 0.717) is 10.0 Å². The molecule has 1 aliphatic heterocycles. The number of carboxylic acid groups (broad SMARTS) is 1. The highest BCUT2D eigenvalue weighted by molar-refractivity contribution is 7.99. The number of carbonyl (C=O) groups is 1. The topological polar surface area (TPSA) is 58.6 Å². The number of ether oxygens (including phenoxy) is 1. The Balaban J connectivity index is 1.93. The highest BCUT2D eigenvalue weighted by atomic mass is 35.5. The summed E-state index contributed by atoms with van der Waals surface area (Å²) < 4.78 is 5.92. The lowest BCUT2D eigenvalue weighted by atomic mass is 9.98. The van der Waals surface area contributed by atoms with Gasteiger partial charge in [0.25, 0.3) is 0 Å². The van der Waals surface area contributed by atoms with E-state index in [2.05, 4.69) is 5.32 Å². The number of rotatable bonds is 6. The van der Waals surface area contributed by atoms with Gasteiger partial charge in [0, 0.05) is 15.8 Å². The van der Waals surface area contributed by atoms with E-state index in [1.54, 1.807) is 24.9 Å². The van der Waals surface area contributed by atoms with Crippen LogP contribution < -0.4 is 5.32 Å². The lowest BCUT2D eigenvalue weighted by molar-refractivity contribution is -0.143. The number of carboxylic acids is 1. The van der Waals surface area contributed by atoms with Crippen molar-refractivity contribution in [2.24, 2.45) is 5.92 Å². The quantitative estimate of drug-likeness (QED) is 0.807. The van der Waals surface area contributed by atoms with Gasteiger partial charge in [0.15, 0.2) is 0 Å². The molecule has 0 amide bonds. The van der Waals surface area contributed by atoms with Crippen LogP contribution in [0.4, 0.5) is 0 Å². The van der Waals surface area contributed by atoms with Gasteiger partial charge >= 0.3 is 5.97 Å². The van der Waals surface area contributed by atoms with Crippen molar-refractivity contribution in [1.82, 2.24) is 5.32 Å². The van der Waals surface area contributed by atoms with E-state index in [-0.39, 0.29) is 17.5 Å². The molecule has 0 aromatic heterocycles. The fourth-order valence-corrected chi connectivity index (χ4v) is 4.39. The van der Waals surface area contributed by atoms with Gasteiger partial charge in [-0.1, -0.05) is 30.1 Å². The number of benzene rings is 1. The summed E-state index contributed by atoms with van der Waals surface area (Å²) in [6, 6.07) is 4.78. The van der Waals surface area contributed by atoms with Crippen molar-refractivity contribution in [2.75, 3.05) is 7.05 Å². The van der Waals surface area contributed by atoms with Crippen molar-refractivity contribution in [1.29, 1.82) is 0 Å². The SMILES string of the molecule is CNC(C(=O)O)[C@@H]1OC(SCc2cc(Cl)cc(Cl)c2)C[C@H]1C. The number of nitrogens with one attached hydrogen (secondary N) is 1. The molecule has 1 fully saturated rings. The molecule has 7 heteroatoms. The van der Waals surface area contributed by atoms with Crippen LogP contribution in [0.3, 0.4) is 0 Å². The van der Waals surface area contributed by atoms with E-state index in [1.807, 2.05) is 19.1 Å². The molecule has 2 rings (SSSR count). The predicted octanol–water partition coefficient (Wildman–Crippen LogP) is 3.65. The van der Waals surface area contributed by atoms with Crippen molar-refractivity contribution in [2.45, 2.75) is 36.7 Å². The first kappa shape index (κ1) is 17.9. The number of hydrogen-bond donors (Lipinski definition) is 2. The van der Waals surface area contributed by atoms with E-state index in [0.717, 1.165) is 17.7 Å². The van der Waals surface area contributed by atoms with Crippen LogP contribution in [-0.2, 0) is 15.3 Å². The molecule has 1 aromatic rings. The van der Waals surface area contributed by atoms with Gasteiger partial charge in [-0.3, -0.25) is 4.79 Å². The van der Waals surface area contributed by atoms with Crippen molar-refractivity contribution < 1.29 is 14.6 Å². The zero-order valence-electron chi connectivity index (χ0n) is 12.4. The minimum atomic E-state index is -0.883. The molecule has 2 unspecified atom stereocenters. The molecule has 1 aromatic carbocycles. The maximum absolute atomic E-state index is 11.2. The van der Waals surface area contributed by atoms with E-state index in [4.69, 9.17) is 27.9 Å². The Morgan fingerprint density at radius 3 is 2.64 bits per heavy atom. The summed E-state index contributed by atoms with van der Waals surface area (Å²) in [7, 11) is 1.64. The molecule has 4 nitrogen and oxygen atoms in total. The number of aliphatic carboxylic acids is 1. The third kappa shape index (κ3) is 4.52. The van der Waals surface area contributed by atoms with Crippen LogP contribution in [0.25, 0.3) is 0 Å². The molecular formula is C15H19Cl2NO3S. The van der Waals surface area contributed by atoms with Gasteiger partial charge in [0.05, 0.1) is 6.10 Å². The lowest BCUT2D eigenvalue weighted by Crippen LogP contribution is -2.46. The lowest BCUT2D eigenvalue weighted by Gasteiger charge is -2.22. The highest BCUT2D eigenvalue weighted by Crippen LogP contribution is 2.36. The van der Waals surface area contributed by atoms with Crippen LogP contribution in [0.15, 0.2) is 18.2 Å². The summed E-state index contributed by atoms with van der Waals surface area (Å²) in [6.07, 6.45) is 0.512. The normalized spacial score (nSPS) is 26.1. The minimum Gasteiger partial charge on any atom is -0.480 e. The second-order valence-corrected chi connectivity index (χ2v) is 7.46. The number of hydrogen-bond acceptors (Lipinski definition) is 4. The van der Waals surface area contributed by atoms with Crippen LogP contribution in [0.1, 0.15) is 18.9 Å². The summed E-state index contributed by atoms with van der Waals surface area (Å²) >= 11 is 13.6. The smallest absolute Gasteiger partial charge is 0.323 e. The Kier molecular flexibility index (Phi) is 6.41. The molecule has 2 N–H and O–H groups in total. The van der Waals surface area contributed by atoms with E-state index < -0.39 is 12.0 Å². The molecule has 22 heavy (non-hydrogen) atoms. The van der Waals surface area contributed by atoms with Crippen LogP contribution in [0.2, 0.25) is 10.0 Å². The minimum absolute atomic E-state index is 0.0204. The molecule has 1 heterocycles. The first-order chi connectivity index (χ1) is 10.4. The third-order valence-corrected chi connectivity index (χ3v) is 5.31. The summed E-state index contributed by atoms with van der Waals surface area (Å²) in [5, 5.41) is 13.3. The number of thioether (sulfide) groups is 1. The van der Waals surface area contributed by atoms with Crippen molar-refractivity contribution >= 4 is 40.9 Å². The first-order valence-corrected chi connectivity index (χ1v) is 8.83. The molecule has 0 radical (unpaired) electrons. The molecular weight excluding hydrogens is 345 g/mol. The van der Waals surface area contributed by atoms with Gasteiger partial charge in [0.2, 0.25) is 0 Å². The third-order valence-electron chi connectivity index (χ3n) is 3.70. The highest BCUT2D eigenvalue weighted by Gasteiger charge is 2.40. The molecule has 1 aliphatic rings.